The molecular formula is C19H18F3NO5. The van der Waals surface area contributed by atoms with Gasteiger partial charge >= 0.3 is 12.1 Å². The van der Waals surface area contributed by atoms with E-state index in [-0.39, 0.29) is 12.0 Å². The summed E-state index contributed by atoms with van der Waals surface area (Å²) in [4.78, 5) is 23.7. The van der Waals surface area contributed by atoms with Crippen molar-refractivity contribution < 1.29 is 37.0 Å². The number of esters is 1. The molecule has 0 radical (unpaired) electrons. The molecule has 6 nitrogen and oxygen atoms in total. The highest BCUT2D eigenvalue weighted by Gasteiger charge is 2.30. The van der Waals surface area contributed by atoms with Crippen LogP contribution in [0.25, 0.3) is 0 Å². The fraction of sp³-hybridized carbons (Fsp3) is 0.263. The van der Waals surface area contributed by atoms with Crippen LogP contribution < -0.4 is 14.8 Å². The monoisotopic (exact) mass is 397 g/mol. The Morgan fingerprint density at radius 3 is 2.36 bits per heavy atom. The summed E-state index contributed by atoms with van der Waals surface area (Å²) in [5.41, 5.74) is -0.319. The molecule has 2 aromatic carbocycles. The van der Waals surface area contributed by atoms with Crippen molar-refractivity contribution in [1.82, 2.24) is 0 Å². The second kappa shape index (κ2) is 9.12. The number of alkyl halides is 3. The molecule has 0 saturated carbocycles. The Labute approximate surface area is 159 Å². The van der Waals surface area contributed by atoms with Crippen molar-refractivity contribution >= 4 is 17.6 Å². The van der Waals surface area contributed by atoms with E-state index < -0.39 is 30.2 Å². The highest BCUT2D eigenvalue weighted by molar-refractivity contribution is 5.93. The van der Waals surface area contributed by atoms with Crippen molar-refractivity contribution in [1.29, 1.82) is 0 Å². The molecule has 2 rings (SSSR count). The van der Waals surface area contributed by atoms with E-state index in [0.717, 1.165) is 12.1 Å². The van der Waals surface area contributed by atoms with Gasteiger partial charge in [-0.15, -0.1) is 0 Å². The second-order valence-corrected chi connectivity index (χ2v) is 5.65. The summed E-state index contributed by atoms with van der Waals surface area (Å²) >= 11 is 0. The van der Waals surface area contributed by atoms with Crippen LogP contribution in [0.1, 0.15) is 11.1 Å². The summed E-state index contributed by atoms with van der Waals surface area (Å²) in [6, 6.07) is 9.05. The van der Waals surface area contributed by atoms with Crippen LogP contribution in [0.15, 0.2) is 42.5 Å². The minimum absolute atomic E-state index is 0.139. The fourth-order valence-corrected chi connectivity index (χ4v) is 2.33. The van der Waals surface area contributed by atoms with Crippen molar-refractivity contribution in [3.05, 3.63) is 53.6 Å². The molecule has 0 unspecified atom stereocenters. The zero-order valence-corrected chi connectivity index (χ0v) is 15.1. The van der Waals surface area contributed by atoms with Gasteiger partial charge in [0, 0.05) is 11.8 Å². The molecule has 0 fully saturated rings. The van der Waals surface area contributed by atoms with Crippen LogP contribution in [0, 0.1) is 0 Å². The standard InChI is InChI=1S/C19H18F3NO5/c1-26-15-7-6-14(10-16(15)27-2)23-17(24)11-28-18(25)9-12-4-3-5-13(8-12)19(20,21)22/h3-8,10H,9,11H2,1-2H3,(H,23,24). The summed E-state index contributed by atoms with van der Waals surface area (Å²) in [6.07, 6.45) is -4.88. The van der Waals surface area contributed by atoms with Crippen LogP contribution in [-0.4, -0.2) is 32.7 Å². The maximum atomic E-state index is 12.7. The highest BCUT2D eigenvalue weighted by Crippen LogP contribution is 2.30. The second-order valence-electron chi connectivity index (χ2n) is 5.65. The van der Waals surface area contributed by atoms with E-state index in [2.05, 4.69) is 5.32 Å². The van der Waals surface area contributed by atoms with Gasteiger partial charge in [-0.25, -0.2) is 0 Å². The number of nitrogens with one attached hydrogen (secondary N) is 1. The quantitative estimate of drug-likeness (QED) is 0.725. The number of rotatable bonds is 7. The molecule has 0 bridgehead atoms. The molecule has 0 aliphatic rings. The minimum atomic E-state index is -4.50. The van der Waals surface area contributed by atoms with E-state index in [1.807, 2.05) is 0 Å². The van der Waals surface area contributed by atoms with Gasteiger partial charge in [0.25, 0.3) is 5.91 Å². The summed E-state index contributed by atoms with van der Waals surface area (Å²) in [6.45, 7) is -0.577. The molecule has 0 heterocycles. The normalized spacial score (nSPS) is 10.9. The number of methoxy groups -OCH3 is 2. The van der Waals surface area contributed by atoms with Crippen molar-refractivity contribution in [2.75, 3.05) is 26.1 Å². The molecule has 2 aromatic rings. The Balaban J connectivity index is 1.88. The largest absolute Gasteiger partial charge is 0.493 e. The Morgan fingerprint density at radius 1 is 1.00 bits per heavy atom. The third kappa shape index (κ3) is 5.90. The molecule has 28 heavy (non-hydrogen) atoms. The van der Waals surface area contributed by atoms with Gasteiger partial charge in [0.15, 0.2) is 18.1 Å². The summed E-state index contributed by atoms with van der Waals surface area (Å²) < 4.78 is 53.1. The lowest BCUT2D eigenvalue weighted by Crippen LogP contribution is -2.21. The Morgan fingerprint density at radius 2 is 1.71 bits per heavy atom. The number of halogens is 3. The lowest BCUT2D eigenvalue weighted by Gasteiger charge is -2.11. The van der Waals surface area contributed by atoms with E-state index in [9.17, 15) is 22.8 Å². The lowest BCUT2D eigenvalue weighted by molar-refractivity contribution is -0.146. The van der Waals surface area contributed by atoms with Crippen molar-refractivity contribution in [2.45, 2.75) is 12.6 Å². The van der Waals surface area contributed by atoms with Gasteiger partial charge in [0.05, 0.1) is 26.2 Å². The summed E-state index contributed by atoms with van der Waals surface area (Å²) in [5, 5.41) is 2.52. The van der Waals surface area contributed by atoms with Crippen LogP contribution in [0.2, 0.25) is 0 Å². The van der Waals surface area contributed by atoms with Crippen molar-refractivity contribution in [3.63, 3.8) is 0 Å². The molecule has 9 heteroatoms. The first-order valence-corrected chi connectivity index (χ1v) is 8.06. The van der Waals surface area contributed by atoms with Gasteiger partial charge < -0.3 is 19.5 Å². The molecule has 0 spiro atoms. The van der Waals surface area contributed by atoms with Gasteiger partial charge in [0.1, 0.15) is 0 Å². The number of benzene rings is 2. The third-order valence-corrected chi connectivity index (χ3v) is 3.63. The highest BCUT2D eigenvalue weighted by atomic mass is 19.4. The smallest absolute Gasteiger partial charge is 0.416 e. The van der Waals surface area contributed by atoms with Gasteiger partial charge in [-0.1, -0.05) is 18.2 Å². The molecule has 0 aliphatic heterocycles. The Bertz CT molecular complexity index is 852. The van der Waals surface area contributed by atoms with E-state index >= 15 is 0 Å². The van der Waals surface area contributed by atoms with E-state index in [1.165, 1.54) is 32.4 Å². The van der Waals surface area contributed by atoms with Crippen molar-refractivity contribution in [2.24, 2.45) is 0 Å². The van der Waals surface area contributed by atoms with Gasteiger partial charge in [-0.3, -0.25) is 9.59 Å². The zero-order chi connectivity index (χ0) is 20.7. The maximum absolute atomic E-state index is 12.7. The van der Waals surface area contributed by atoms with Gasteiger partial charge in [-0.05, 0) is 23.8 Å². The predicted octanol–water partition coefficient (Wildman–Crippen LogP) is 3.45. The predicted molar refractivity (Wildman–Crippen MR) is 94.3 cm³/mol. The first-order chi connectivity index (χ1) is 13.2. The number of anilines is 1. The molecular weight excluding hydrogens is 379 g/mol. The molecule has 0 saturated heterocycles. The van der Waals surface area contributed by atoms with Crippen LogP contribution in [0.4, 0.5) is 18.9 Å². The Kier molecular flexibility index (Phi) is 6.86. The fourth-order valence-electron chi connectivity index (χ4n) is 2.33. The van der Waals surface area contributed by atoms with E-state index in [0.29, 0.717) is 17.2 Å². The Hall–Kier alpha value is -3.23. The zero-order valence-electron chi connectivity index (χ0n) is 15.1. The van der Waals surface area contributed by atoms with Crippen LogP contribution in [-0.2, 0) is 26.9 Å². The third-order valence-electron chi connectivity index (χ3n) is 3.63. The molecule has 0 aliphatic carbocycles. The average molecular weight is 397 g/mol. The van der Waals surface area contributed by atoms with Crippen molar-refractivity contribution in [3.8, 4) is 11.5 Å². The summed E-state index contributed by atoms with van der Waals surface area (Å²) in [5.74, 6) is -0.541. The SMILES string of the molecule is COc1ccc(NC(=O)COC(=O)Cc2cccc(C(F)(F)F)c2)cc1OC. The minimum Gasteiger partial charge on any atom is -0.493 e. The molecule has 1 amide bonds. The molecule has 150 valence electrons. The number of ether oxygens (including phenoxy) is 3. The first-order valence-electron chi connectivity index (χ1n) is 8.06. The summed E-state index contributed by atoms with van der Waals surface area (Å²) in [7, 11) is 2.92. The van der Waals surface area contributed by atoms with Crippen LogP contribution >= 0.6 is 0 Å². The maximum Gasteiger partial charge on any atom is 0.416 e. The van der Waals surface area contributed by atoms with Gasteiger partial charge in [-0.2, -0.15) is 13.2 Å². The number of carbonyl (C=O) groups excluding carboxylic acids is 2. The number of amides is 1. The number of hydrogen-bond acceptors (Lipinski definition) is 5. The average Bonchev–Trinajstić information content (AvgIpc) is 2.66. The van der Waals surface area contributed by atoms with Crippen LogP contribution in [0.3, 0.4) is 0 Å². The van der Waals surface area contributed by atoms with Crippen LogP contribution in [0.5, 0.6) is 11.5 Å². The topological polar surface area (TPSA) is 73.9 Å². The van der Waals surface area contributed by atoms with E-state index in [1.54, 1.807) is 12.1 Å². The molecule has 0 aromatic heterocycles. The van der Waals surface area contributed by atoms with E-state index in [4.69, 9.17) is 14.2 Å². The van der Waals surface area contributed by atoms with Gasteiger partial charge in [0.2, 0.25) is 0 Å². The molecule has 0 atom stereocenters. The molecule has 1 N–H and O–H groups in total. The first kappa shape index (κ1) is 21.1. The lowest BCUT2D eigenvalue weighted by atomic mass is 10.1. The number of hydrogen-bond donors (Lipinski definition) is 1. The number of carbonyl (C=O) groups is 2.